The van der Waals surface area contributed by atoms with Gasteiger partial charge in [-0.15, -0.1) is 10.2 Å². The van der Waals surface area contributed by atoms with Crippen LogP contribution in [0.5, 0.6) is 0 Å². The van der Waals surface area contributed by atoms with Crippen molar-refractivity contribution in [3.8, 4) is 11.3 Å². The zero-order valence-electron chi connectivity index (χ0n) is 16.3. The van der Waals surface area contributed by atoms with E-state index < -0.39 is 0 Å². The molecule has 4 rings (SSSR count). The minimum absolute atomic E-state index is 0.447. The van der Waals surface area contributed by atoms with Crippen molar-refractivity contribution in [2.24, 2.45) is 0 Å². The second-order valence-electron chi connectivity index (χ2n) is 7.57. The molecule has 0 saturated heterocycles. The van der Waals surface area contributed by atoms with Gasteiger partial charge in [0.15, 0.2) is 5.82 Å². The molecule has 0 spiro atoms. The van der Waals surface area contributed by atoms with E-state index in [1.165, 1.54) is 16.7 Å². The van der Waals surface area contributed by atoms with Crippen LogP contribution in [0.4, 0.5) is 5.82 Å². The summed E-state index contributed by atoms with van der Waals surface area (Å²) in [6.07, 6.45) is 1.14. The largest absolute Gasteiger partial charge is 0.361 e. The Kier molecular flexibility index (Phi) is 4.90. The maximum Gasteiger partial charge on any atom is 0.150 e. The molecule has 0 bridgehead atoms. The molecule has 2 heterocycles. The third-order valence-corrected chi connectivity index (χ3v) is 5.36. The molecular weight excluding hydrogens is 332 g/mol. The highest BCUT2D eigenvalue weighted by Gasteiger charge is 2.22. The number of fused-ring (bicyclic) bond motifs is 1. The topological polar surface area (TPSA) is 32.3 Å². The van der Waals surface area contributed by atoms with Crippen LogP contribution in [0.3, 0.4) is 0 Å². The van der Waals surface area contributed by atoms with Crippen molar-refractivity contribution < 1.29 is 0 Å². The van der Waals surface area contributed by atoms with Crippen LogP contribution in [0, 0.1) is 0 Å². The fraction of sp³-hybridized carbons (Fsp3) is 0.304. The van der Waals surface area contributed by atoms with Crippen LogP contribution < -0.4 is 4.90 Å². The average molecular weight is 358 g/mol. The van der Waals surface area contributed by atoms with E-state index in [0.717, 1.165) is 36.6 Å². The van der Waals surface area contributed by atoms with Crippen molar-refractivity contribution in [2.45, 2.75) is 18.9 Å². The molecule has 0 amide bonds. The van der Waals surface area contributed by atoms with Gasteiger partial charge >= 0.3 is 0 Å². The van der Waals surface area contributed by atoms with Crippen molar-refractivity contribution in [1.82, 2.24) is 15.1 Å². The second-order valence-corrected chi connectivity index (χ2v) is 7.57. The maximum absolute atomic E-state index is 4.43. The lowest BCUT2D eigenvalue weighted by Crippen LogP contribution is -2.17. The molecule has 0 fully saturated rings. The Bertz CT molecular complexity index is 903. The van der Waals surface area contributed by atoms with Gasteiger partial charge in [0.25, 0.3) is 0 Å². The normalized spacial score (nSPS) is 17.2. The first kappa shape index (κ1) is 17.7. The lowest BCUT2D eigenvalue weighted by molar-refractivity contribution is 0.328. The third kappa shape index (κ3) is 3.71. The second kappa shape index (κ2) is 7.49. The molecule has 1 unspecified atom stereocenters. The number of aromatic nitrogens is 2. The SMILES string of the molecule is CN1CCC(c2ccccc2)c2ccc(-c3ccc(N(C)C)nn3)cc2C1. The molecule has 2 aromatic carbocycles. The lowest BCUT2D eigenvalue weighted by Gasteiger charge is -2.18. The Morgan fingerprint density at radius 1 is 0.963 bits per heavy atom. The molecule has 3 aromatic rings. The van der Waals surface area contributed by atoms with E-state index in [4.69, 9.17) is 0 Å². The molecule has 4 nitrogen and oxygen atoms in total. The number of anilines is 1. The van der Waals surface area contributed by atoms with Gasteiger partial charge in [-0.05, 0) is 54.9 Å². The van der Waals surface area contributed by atoms with Crippen LogP contribution in [0.25, 0.3) is 11.3 Å². The van der Waals surface area contributed by atoms with E-state index in [9.17, 15) is 0 Å². The summed E-state index contributed by atoms with van der Waals surface area (Å²) in [5.41, 5.74) is 6.28. The van der Waals surface area contributed by atoms with Gasteiger partial charge in [-0.2, -0.15) is 0 Å². The Balaban J connectivity index is 1.73. The number of rotatable bonds is 3. The van der Waals surface area contributed by atoms with Crippen LogP contribution in [-0.4, -0.2) is 42.8 Å². The molecule has 1 atom stereocenters. The molecule has 138 valence electrons. The molecule has 1 aromatic heterocycles. The van der Waals surface area contributed by atoms with Gasteiger partial charge in [0.1, 0.15) is 0 Å². The van der Waals surface area contributed by atoms with Gasteiger partial charge < -0.3 is 9.80 Å². The highest BCUT2D eigenvalue weighted by molar-refractivity contribution is 5.62. The van der Waals surface area contributed by atoms with Gasteiger partial charge in [-0.25, -0.2) is 0 Å². The standard InChI is InChI=1S/C23H26N4/c1-26(2)23-12-11-22(24-25-23)18-9-10-20-19(15-18)16-27(3)14-13-21(20)17-7-5-4-6-8-17/h4-12,15,21H,13-14,16H2,1-3H3. The summed E-state index contributed by atoms with van der Waals surface area (Å²) in [5, 5.41) is 8.76. The number of benzene rings is 2. The summed E-state index contributed by atoms with van der Waals surface area (Å²) in [5.74, 6) is 1.32. The van der Waals surface area contributed by atoms with Gasteiger partial charge in [0.05, 0.1) is 5.69 Å². The predicted octanol–water partition coefficient (Wildman–Crippen LogP) is 4.18. The van der Waals surface area contributed by atoms with Crippen LogP contribution in [0.15, 0.2) is 60.7 Å². The Hall–Kier alpha value is -2.72. The highest BCUT2D eigenvalue weighted by atomic mass is 15.2. The van der Waals surface area contributed by atoms with Crippen LogP contribution in [0.2, 0.25) is 0 Å². The lowest BCUT2D eigenvalue weighted by atomic mass is 9.86. The summed E-state index contributed by atoms with van der Waals surface area (Å²) in [7, 11) is 6.16. The number of hydrogen-bond acceptors (Lipinski definition) is 4. The van der Waals surface area contributed by atoms with E-state index in [1.807, 2.05) is 25.1 Å². The van der Waals surface area contributed by atoms with Gasteiger partial charge in [0, 0.05) is 32.1 Å². The van der Waals surface area contributed by atoms with Crippen LogP contribution in [0.1, 0.15) is 29.0 Å². The third-order valence-electron chi connectivity index (χ3n) is 5.36. The van der Waals surface area contributed by atoms with Crippen molar-refractivity contribution in [3.63, 3.8) is 0 Å². The van der Waals surface area contributed by atoms with Crippen LogP contribution in [-0.2, 0) is 6.54 Å². The Morgan fingerprint density at radius 2 is 1.78 bits per heavy atom. The van der Waals surface area contributed by atoms with Crippen LogP contribution >= 0.6 is 0 Å². The minimum Gasteiger partial charge on any atom is -0.361 e. The number of nitrogens with zero attached hydrogens (tertiary/aromatic N) is 4. The summed E-state index contributed by atoms with van der Waals surface area (Å²) in [6, 6.07) is 21.7. The molecule has 0 N–H and O–H groups in total. The van der Waals surface area contributed by atoms with Crippen molar-refractivity contribution >= 4 is 5.82 Å². The molecule has 0 radical (unpaired) electrons. The summed E-state index contributed by atoms with van der Waals surface area (Å²) >= 11 is 0. The Morgan fingerprint density at radius 3 is 2.48 bits per heavy atom. The molecule has 0 aliphatic carbocycles. The highest BCUT2D eigenvalue weighted by Crippen LogP contribution is 2.35. The van der Waals surface area contributed by atoms with Gasteiger partial charge in [-0.1, -0.05) is 42.5 Å². The fourth-order valence-electron chi connectivity index (χ4n) is 3.87. The molecule has 4 heteroatoms. The van der Waals surface area contributed by atoms with Gasteiger partial charge in [0.2, 0.25) is 0 Å². The van der Waals surface area contributed by atoms with Crippen molar-refractivity contribution in [2.75, 3.05) is 32.6 Å². The van der Waals surface area contributed by atoms with Crippen molar-refractivity contribution in [3.05, 3.63) is 77.4 Å². The monoisotopic (exact) mass is 358 g/mol. The minimum atomic E-state index is 0.447. The molecule has 27 heavy (non-hydrogen) atoms. The first-order chi connectivity index (χ1) is 13.1. The summed E-state index contributed by atoms with van der Waals surface area (Å²) in [6.45, 7) is 2.07. The zero-order valence-corrected chi connectivity index (χ0v) is 16.3. The van der Waals surface area contributed by atoms with E-state index in [2.05, 4.69) is 76.7 Å². The smallest absolute Gasteiger partial charge is 0.150 e. The van der Waals surface area contributed by atoms with Crippen molar-refractivity contribution in [1.29, 1.82) is 0 Å². The summed E-state index contributed by atoms with van der Waals surface area (Å²) in [4.78, 5) is 4.37. The quantitative estimate of drug-likeness (QED) is 0.703. The fourth-order valence-corrected chi connectivity index (χ4v) is 3.87. The molecule has 1 aliphatic heterocycles. The van der Waals surface area contributed by atoms with E-state index in [0.29, 0.717) is 5.92 Å². The molecular formula is C23H26N4. The Labute approximate surface area is 161 Å². The number of hydrogen-bond donors (Lipinski definition) is 0. The molecule has 0 saturated carbocycles. The summed E-state index contributed by atoms with van der Waals surface area (Å²) < 4.78 is 0. The first-order valence-corrected chi connectivity index (χ1v) is 9.49. The maximum atomic E-state index is 4.43. The van der Waals surface area contributed by atoms with E-state index >= 15 is 0 Å². The first-order valence-electron chi connectivity index (χ1n) is 9.49. The average Bonchev–Trinajstić information content (AvgIpc) is 2.86. The van der Waals surface area contributed by atoms with Gasteiger partial charge in [-0.3, -0.25) is 0 Å². The predicted molar refractivity (Wildman–Crippen MR) is 111 cm³/mol. The molecule has 1 aliphatic rings. The van der Waals surface area contributed by atoms with E-state index in [1.54, 1.807) is 0 Å². The van der Waals surface area contributed by atoms with E-state index in [-0.39, 0.29) is 0 Å². The zero-order chi connectivity index (χ0) is 18.8.